The molecule has 2 amide bonds. The summed E-state index contributed by atoms with van der Waals surface area (Å²) in [5.74, 6) is -2.14. The topological polar surface area (TPSA) is 67.4 Å². The van der Waals surface area contributed by atoms with Gasteiger partial charge in [-0.3, -0.25) is 9.59 Å². The van der Waals surface area contributed by atoms with Gasteiger partial charge in [-0.25, -0.2) is 4.39 Å². The molecular weight excluding hydrogens is 544 g/mol. The summed E-state index contributed by atoms with van der Waals surface area (Å²) in [6.07, 6.45) is -4.80. The molecule has 5 nitrogen and oxygen atoms in total. The molecule has 0 saturated heterocycles. The second-order valence-corrected chi connectivity index (χ2v) is 9.87. The summed E-state index contributed by atoms with van der Waals surface area (Å²) in [6.45, 7) is 7.01. The van der Waals surface area contributed by atoms with E-state index in [9.17, 15) is 27.2 Å². The van der Waals surface area contributed by atoms with Gasteiger partial charge in [0.2, 0.25) is 0 Å². The van der Waals surface area contributed by atoms with E-state index in [0.29, 0.717) is 16.7 Å². The predicted octanol–water partition coefficient (Wildman–Crippen LogP) is 7.24. The van der Waals surface area contributed by atoms with Crippen molar-refractivity contribution in [3.63, 3.8) is 0 Å². The lowest BCUT2D eigenvalue weighted by atomic mass is 9.96. The number of hydrogen-bond donors (Lipinski definition) is 2. The number of anilines is 1. The van der Waals surface area contributed by atoms with Crippen LogP contribution in [0.25, 0.3) is 11.1 Å². The number of hydrogen-bond acceptors (Lipinski definition) is 3. The molecule has 0 heterocycles. The molecule has 0 aliphatic heterocycles. The first kappa shape index (κ1) is 27.2. The van der Waals surface area contributed by atoms with Gasteiger partial charge in [0.1, 0.15) is 11.6 Å². The zero-order chi connectivity index (χ0) is 26.8. The van der Waals surface area contributed by atoms with Gasteiger partial charge in [-0.2, -0.15) is 0 Å². The highest BCUT2D eigenvalue weighted by molar-refractivity contribution is 9.10. The molecule has 0 unspecified atom stereocenters. The Morgan fingerprint density at radius 3 is 2.14 bits per heavy atom. The molecule has 3 aromatic carbocycles. The lowest BCUT2D eigenvalue weighted by molar-refractivity contribution is -0.274. The van der Waals surface area contributed by atoms with Crippen LogP contribution in [0.5, 0.6) is 5.75 Å². The smallest absolute Gasteiger partial charge is 0.406 e. The normalized spacial score (nSPS) is 11.7. The molecule has 0 radical (unpaired) electrons. The van der Waals surface area contributed by atoms with E-state index in [2.05, 4.69) is 31.3 Å². The molecule has 0 aromatic heterocycles. The number of benzene rings is 3. The molecular formula is C26H23BrF4N2O3. The Morgan fingerprint density at radius 2 is 1.56 bits per heavy atom. The quantitative estimate of drug-likeness (QED) is 0.320. The molecule has 0 aliphatic carbocycles. The molecule has 0 saturated carbocycles. The van der Waals surface area contributed by atoms with Crippen molar-refractivity contribution in [1.29, 1.82) is 0 Å². The average Bonchev–Trinajstić information content (AvgIpc) is 2.74. The number of amides is 2. The van der Waals surface area contributed by atoms with Crippen molar-refractivity contribution in [2.24, 2.45) is 0 Å². The number of halogens is 5. The van der Waals surface area contributed by atoms with Gasteiger partial charge in [-0.05, 0) is 90.6 Å². The van der Waals surface area contributed by atoms with Gasteiger partial charge in [0, 0.05) is 15.6 Å². The first-order chi connectivity index (χ1) is 16.6. The average molecular weight is 567 g/mol. The molecule has 3 aromatic rings. The summed E-state index contributed by atoms with van der Waals surface area (Å²) in [5, 5.41) is 5.43. The molecule has 3 rings (SSSR count). The number of nitrogens with one attached hydrogen (secondary N) is 2. The largest absolute Gasteiger partial charge is 0.573 e. The lowest BCUT2D eigenvalue weighted by Gasteiger charge is -2.22. The predicted molar refractivity (Wildman–Crippen MR) is 133 cm³/mol. The molecule has 2 N–H and O–H groups in total. The Hall–Kier alpha value is -3.40. The van der Waals surface area contributed by atoms with Crippen LogP contribution in [-0.4, -0.2) is 23.7 Å². The van der Waals surface area contributed by atoms with Crippen molar-refractivity contribution < 1.29 is 31.9 Å². The second-order valence-electron chi connectivity index (χ2n) is 9.02. The van der Waals surface area contributed by atoms with Gasteiger partial charge in [0.05, 0.1) is 11.3 Å². The minimum atomic E-state index is -4.80. The van der Waals surface area contributed by atoms with Crippen LogP contribution in [0.15, 0.2) is 59.1 Å². The monoisotopic (exact) mass is 566 g/mol. The third-order valence-corrected chi connectivity index (χ3v) is 5.63. The number of rotatable bonds is 5. The molecule has 0 bridgehead atoms. The maximum absolute atomic E-state index is 14.1. The van der Waals surface area contributed by atoms with E-state index in [1.165, 1.54) is 24.3 Å². The minimum Gasteiger partial charge on any atom is -0.406 e. The molecule has 10 heteroatoms. The fraction of sp³-hybridized carbons (Fsp3) is 0.231. The van der Waals surface area contributed by atoms with Crippen molar-refractivity contribution in [3.8, 4) is 16.9 Å². The summed E-state index contributed by atoms with van der Waals surface area (Å²) in [7, 11) is 0. The van der Waals surface area contributed by atoms with Gasteiger partial charge in [0.15, 0.2) is 0 Å². The first-order valence-corrected chi connectivity index (χ1v) is 11.5. The fourth-order valence-electron chi connectivity index (χ4n) is 3.50. The Morgan fingerprint density at radius 1 is 0.917 bits per heavy atom. The van der Waals surface area contributed by atoms with Crippen LogP contribution in [0.4, 0.5) is 23.2 Å². The van der Waals surface area contributed by atoms with E-state index in [4.69, 9.17) is 0 Å². The molecule has 0 aliphatic rings. The summed E-state index contributed by atoms with van der Waals surface area (Å²) in [4.78, 5) is 26.0. The van der Waals surface area contributed by atoms with Crippen LogP contribution in [0.3, 0.4) is 0 Å². The van der Waals surface area contributed by atoms with Gasteiger partial charge in [-0.1, -0.05) is 24.3 Å². The van der Waals surface area contributed by atoms with Gasteiger partial charge >= 0.3 is 6.36 Å². The lowest BCUT2D eigenvalue weighted by Crippen LogP contribution is -2.41. The first-order valence-electron chi connectivity index (χ1n) is 10.7. The summed E-state index contributed by atoms with van der Waals surface area (Å²) < 4.78 is 55.5. The third kappa shape index (κ3) is 6.84. The second kappa shape index (κ2) is 10.3. The Kier molecular flexibility index (Phi) is 7.78. The number of alkyl halides is 3. The Labute approximate surface area is 214 Å². The highest BCUT2D eigenvalue weighted by Gasteiger charge is 2.31. The Bertz CT molecular complexity index is 1300. The van der Waals surface area contributed by atoms with Crippen molar-refractivity contribution in [1.82, 2.24) is 5.32 Å². The van der Waals surface area contributed by atoms with E-state index >= 15 is 0 Å². The van der Waals surface area contributed by atoms with Gasteiger partial charge < -0.3 is 15.4 Å². The molecule has 0 atom stereocenters. The zero-order valence-electron chi connectivity index (χ0n) is 19.8. The molecule has 190 valence electrons. The van der Waals surface area contributed by atoms with Crippen LogP contribution < -0.4 is 15.4 Å². The van der Waals surface area contributed by atoms with E-state index in [0.717, 1.165) is 12.1 Å². The van der Waals surface area contributed by atoms with E-state index in [1.807, 2.05) is 0 Å². The SMILES string of the molecule is Cc1c(C(=O)Nc2c(Br)cc(F)cc2C(=O)NC(C)(C)C)cccc1-c1ccc(OC(F)(F)F)cc1. The standard InChI is InChI=1S/C26H23BrF4N2O3/c1-14-18(15-8-10-17(11-9-15)36-26(29,30)31)6-5-7-19(14)23(34)32-22-20(12-16(28)13-21(22)27)24(35)33-25(2,3)4/h5-13H,1-4H3,(H,32,34)(H,33,35). The molecule has 0 spiro atoms. The maximum atomic E-state index is 14.1. The fourth-order valence-corrected chi connectivity index (χ4v) is 4.03. The van der Waals surface area contributed by atoms with E-state index in [1.54, 1.807) is 45.9 Å². The Balaban J connectivity index is 1.93. The molecule has 36 heavy (non-hydrogen) atoms. The highest BCUT2D eigenvalue weighted by Crippen LogP contribution is 2.32. The van der Waals surface area contributed by atoms with E-state index in [-0.39, 0.29) is 27.0 Å². The van der Waals surface area contributed by atoms with Crippen LogP contribution in [0.2, 0.25) is 0 Å². The highest BCUT2D eigenvalue weighted by atomic mass is 79.9. The number of carbonyl (C=O) groups excluding carboxylic acids is 2. The molecule has 0 fully saturated rings. The van der Waals surface area contributed by atoms with Crippen LogP contribution in [0, 0.1) is 12.7 Å². The number of ether oxygens (including phenoxy) is 1. The van der Waals surface area contributed by atoms with Crippen LogP contribution in [0.1, 0.15) is 47.1 Å². The third-order valence-electron chi connectivity index (χ3n) is 5.00. The van der Waals surface area contributed by atoms with Crippen LogP contribution in [-0.2, 0) is 0 Å². The van der Waals surface area contributed by atoms with Crippen molar-refractivity contribution >= 4 is 33.4 Å². The number of carbonyl (C=O) groups is 2. The summed E-state index contributed by atoms with van der Waals surface area (Å²) >= 11 is 3.22. The van der Waals surface area contributed by atoms with Crippen LogP contribution >= 0.6 is 15.9 Å². The van der Waals surface area contributed by atoms with Crippen molar-refractivity contribution in [2.45, 2.75) is 39.6 Å². The van der Waals surface area contributed by atoms with Crippen molar-refractivity contribution in [2.75, 3.05) is 5.32 Å². The minimum absolute atomic E-state index is 0.0563. The van der Waals surface area contributed by atoms with E-state index < -0.39 is 29.5 Å². The summed E-state index contributed by atoms with van der Waals surface area (Å²) in [5.41, 5.74) is 1.46. The van der Waals surface area contributed by atoms with Crippen molar-refractivity contribution in [3.05, 3.63) is 81.6 Å². The van der Waals surface area contributed by atoms with Gasteiger partial charge in [-0.15, -0.1) is 13.2 Å². The zero-order valence-corrected chi connectivity index (χ0v) is 21.4. The maximum Gasteiger partial charge on any atom is 0.573 e. The summed E-state index contributed by atoms with van der Waals surface area (Å²) in [6, 6.07) is 12.4. The van der Waals surface area contributed by atoms with Gasteiger partial charge in [0.25, 0.3) is 11.8 Å².